The highest BCUT2D eigenvalue weighted by atomic mass is 16.5. The summed E-state index contributed by atoms with van der Waals surface area (Å²) in [4.78, 5) is 27.5. The molecule has 3 aromatic heterocycles. The van der Waals surface area contributed by atoms with Gasteiger partial charge in [0.15, 0.2) is 11.5 Å². The summed E-state index contributed by atoms with van der Waals surface area (Å²) in [6.07, 6.45) is 4.60. The lowest BCUT2D eigenvalue weighted by Crippen LogP contribution is -2.27. The smallest absolute Gasteiger partial charge is 0.278 e. The van der Waals surface area contributed by atoms with E-state index in [1.54, 1.807) is 10.9 Å². The van der Waals surface area contributed by atoms with Crippen LogP contribution in [0.3, 0.4) is 0 Å². The molecule has 1 saturated carbocycles. The highest BCUT2D eigenvalue weighted by Crippen LogP contribution is 2.35. The summed E-state index contributed by atoms with van der Waals surface area (Å²) < 4.78 is 9.04. The first-order valence-corrected chi connectivity index (χ1v) is 11.9. The van der Waals surface area contributed by atoms with Crippen molar-refractivity contribution in [1.82, 2.24) is 29.6 Å². The third-order valence-electron chi connectivity index (χ3n) is 6.89. The Labute approximate surface area is 195 Å². The molecule has 3 aliphatic rings. The molecule has 0 atom stereocenters. The molecule has 9 nitrogen and oxygen atoms in total. The summed E-state index contributed by atoms with van der Waals surface area (Å²) in [7, 11) is 0. The molecular formula is C25H25N7O2. The number of ether oxygens (including phenoxy) is 1. The fourth-order valence-electron chi connectivity index (χ4n) is 4.80. The van der Waals surface area contributed by atoms with Crippen molar-refractivity contribution in [3.8, 4) is 5.82 Å². The van der Waals surface area contributed by atoms with Crippen molar-refractivity contribution in [2.45, 2.75) is 37.8 Å². The van der Waals surface area contributed by atoms with Gasteiger partial charge >= 0.3 is 0 Å². The van der Waals surface area contributed by atoms with Crippen molar-refractivity contribution >= 4 is 22.7 Å². The molecule has 7 rings (SSSR count). The molecule has 1 aromatic carbocycles. The lowest BCUT2D eigenvalue weighted by molar-refractivity contribution is 0.00670. The van der Waals surface area contributed by atoms with E-state index in [1.165, 1.54) is 11.1 Å². The zero-order chi connectivity index (χ0) is 22.6. The van der Waals surface area contributed by atoms with Crippen molar-refractivity contribution in [1.29, 1.82) is 0 Å². The molecule has 0 radical (unpaired) electrons. The van der Waals surface area contributed by atoms with Crippen molar-refractivity contribution in [3.05, 3.63) is 69.8 Å². The quantitative estimate of drug-likeness (QED) is 0.477. The average Bonchev–Trinajstić information content (AvgIpc) is 3.62. The number of nitrogens with one attached hydrogen (secondary N) is 2. The van der Waals surface area contributed by atoms with Gasteiger partial charge in [-0.3, -0.25) is 4.79 Å². The monoisotopic (exact) mass is 455 g/mol. The highest BCUT2D eigenvalue weighted by Gasteiger charge is 2.31. The maximum atomic E-state index is 13.3. The van der Waals surface area contributed by atoms with Gasteiger partial charge < -0.3 is 15.4 Å². The van der Waals surface area contributed by atoms with Gasteiger partial charge in [0.25, 0.3) is 5.56 Å². The Balaban J connectivity index is 1.32. The zero-order valence-electron chi connectivity index (χ0n) is 18.7. The highest BCUT2D eigenvalue weighted by molar-refractivity contribution is 5.77. The van der Waals surface area contributed by atoms with Crippen LogP contribution in [-0.4, -0.2) is 44.1 Å². The second-order valence-corrected chi connectivity index (χ2v) is 9.31. The van der Waals surface area contributed by atoms with Crippen LogP contribution in [0.2, 0.25) is 0 Å². The molecule has 0 unspecified atom stereocenters. The molecular weight excluding hydrogens is 430 g/mol. The van der Waals surface area contributed by atoms with Gasteiger partial charge in [-0.15, -0.1) is 0 Å². The second kappa shape index (κ2) is 7.75. The third kappa shape index (κ3) is 3.31. The van der Waals surface area contributed by atoms with Crippen molar-refractivity contribution in [2.75, 3.05) is 25.1 Å². The van der Waals surface area contributed by atoms with Gasteiger partial charge in [0.1, 0.15) is 5.39 Å². The minimum Gasteiger partial charge on any atom is -0.380 e. The molecule has 1 aliphatic carbocycles. The largest absolute Gasteiger partial charge is 0.380 e. The Kier molecular flexibility index (Phi) is 4.53. The van der Waals surface area contributed by atoms with E-state index in [4.69, 9.17) is 14.7 Å². The minimum atomic E-state index is -0.0653. The molecule has 2 N–H and O–H groups in total. The molecule has 0 spiro atoms. The van der Waals surface area contributed by atoms with Gasteiger partial charge in [-0.05, 0) is 61.2 Å². The van der Waals surface area contributed by atoms with E-state index in [-0.39, 0.29) is 11.6 Å². The number of anilines is 2. The van der Waals surface area contributed by atoms with Crippen molar-refractivity contribution < 1.29 is 4.74 Å². The van der Waals surface area contributed by atoms with E-state index in [9.17, 15) is 4.79 Å². The fraction of sp³-hybridized carbons (Fsp3) is 0.360. The molecule has 9 heteroatoms. The summed E-state index contributed by atoms with van der Waals surface area (Å²) in [5, 5.41) is 7.25. The molecule has 172 valence electrons. The topological polar surface area (TPSA) is 98.9 Å². The standard InChI is InChI=1S/C25H25N7O2/c33-24-20-12-27-25(28-18-5-4-16-11-26-9-8-15(16)10-18)30-23(20)32(31(24)19-6-7-19)22-3-1-2-21(29-22)17-13-34-14-17/h1-5,10,12,17,19,26H,6-9,11,13-14H2,(H,27,28,30). The van der Waals surface area contributed by atoms with E-state index in [0.717, 1.165) is 43.7 Å². The first kappa shape index (κ1) is 19.9. The number of aromatic nitrogens is 5. The minimum absolute atomic E-state index is 0.0653. The van der Waals surface area contributed by atoms with E-state index in [0.29, 0.717) is 41.9 Å². The molecule has 0 bridgehead atoms. The normalized spacial score (nSPS) is 18.0. The van der Waals surface area contributed by atoms with Crippen LogP contribution >= 0.6 is 0 Å². The molecule has 2 aliphatic heterocycles. The van der Waals surface area contributed by atoms with E-state index in [1.807, 2.05) is 28.9 Å². The van der Waals surface area contributed by atoms with E-state index < -0.39 is 0 Å². The first-order chi connectivity index (χ1) is 16.7. The Morgan fingerprint density at radius 3 is 2.82 bits per heavy atom. The SMILES string of the molecule is O=c1c2cnc(Nc3ccc4c(c3)CCNC4)nc2n(-c2cccc(C3COC3)n2)n1C1CC1. The van der Waals surface area contributed by atoms with Crippen LogP contribution in [0.4, 0.5) is 11.6 Å². The van der Waals surface area contributed by atoms with Gasteiger partial charge in [0, 0.05) is 24.3 Å². The van der Waals surface area contributed by atoms with Gasteiger partial charge in [-0.1, -0.05) is 12.1 Å². The summed E-state index contributed by atoms with van der Waals surface area (Å²) >= 11 is 0. The average molecular weight is 456 g/mol. The number of hydrogen-bond donors (Lipinski definition) is 2. The molecule has 34 heavy (non-hydrogen) atoms. The van der Waals surface area contributed by atoms with Gasteiger partial charge in [0.05, 0.1) is 24.9 Å². The third-order valence-corrected chi connectivity index (χ3v) is 6.89. The van der Waals surface area contributed by atoms with Crippen molar-refractivity contribution in [3.63, 3.8) is 0 Å². The van der Waals surface area contributed by atoms with Gasteiger partial charge in [-0.25, -0.2) is 19.3 Å². The van der Waals surface area contributed by atoms with Crippen LogP contribution in [0.5, 0.6) is 0 Å². The number of nitrogens with zero attached hydrogens (tertiary/aromatic N) is 5. The second-order valence-electron chi connectivity index (χ2n) is 9.31. The van der Waals surface area contributed by atoms with Gasteiger partial charge in [0.2, 0.25) is 5.95 Å². The number of pyridine rings is 1. The summed E-state index contributed by atoms with van der Waals surface area (Å²) in [5.41, 5.74) is 5.10. The van der Waals surface area contributed by atoms with Crippen LogP contribution in [0.1, 0.15) is 41.6 Å². The predicted octanol–water partition coefficient (Wildman–Crippen LogP) is 2.82. The summed E-state index contributed by atoms with van der Waals surface area (Å²) in [6, 6.07) is 12.5. The van der Waals surface area contributed by atoms with Crippen molar-refractivity contribution in [2.24, 2.45) is 0 Å². The maximum Gasteiger partial charge on any atom is 0.278 e. The Morgan fingerprint density at radius 2 is 2.00 bits per heavy atom. The molecule has 5 heterocycles. The summed E-state index contributed by atoms with van der Waals surface area (Å²) in [5.74, 6) is 1.47. The maximum absolute atomic E-state index is 13.3. The Bertz CT molecular complexity index is 1470. The van der Waals surface area contributed by atoms with Crippen LogP contribution in [0, 0.1) is 0 Å². The summed E-state index contributed by atoms with van der Waals surface area (Å²) in [6.45, 7) is 3.26. The fourth-order valence-corrected chi connectivity index (χ4v) is 4.80. The van der Waals surface area contributed by atoms with Gasteiger partial charge in [-0.2, -0.15) is 4.98 Å². The number of fused-ring (bicyclic) bond motifs is 2. The Morgan fingerprint density at radius 1 is 1.09 bits per heavy atom. The predicted molar refractivity (Wildman–Crippen MR) is 128 cm³/mol. The lowest BCUT2D eigenvalue weighted by Gasteiger charge is -2.25. The molecule has 4 aromatic rings. The van der Waals surface area contributed by atoms with E-state index in [2.05, 4.69) is 27.8 Å². The van der Waals surface area contributed by atoms with Crippen LogP contribution in [0.25, 0.3) is 16.9 Å². The molecule has 1 saturated heterocycles. The van der Waals surface area contributed by atoms with Crippen LogP contribution in [-0.2, 0) is 17.7 Å². The first-order valence-electron chi connectivity index (χ1n) is 11.9. The molecule has 0 amide bonds. The van der Waals surface area contributed by atoms with E-state index >= 15 is 0 Å². The number of rotatable bonds is 5. The Hall–Kier alpha value is -3.56. The number of benzene rings is 1. The lowest BCUT2D eigenvalue weighted by atomic mass is 10.0. The van der Waals surface area contributed by atoms with Crippen LogP contribution < -0.4 is 16.2 Å². The molecule has 2 fully saturated rings. The van der Waals surface area contributed by atoms with Crippen LogP contribution in [0.15, 0.2) is 47.4 Å². The number of hydrogen-bond acceptors (Lipinski definition) is 7. The zero-order valence-corrected chi connectivity index (χ0v) is 18.7.